The molecule has 0 unspecified atom stereocenters. The fraction of sp³-hybridized carbons (Fsp3) is 0.364. The van der Waals surface area contributed by atoms with E-state index < -0.39 is 0 Å². The van der Waals surface area contributed by atoms with Crippen molar-refractivity contribution in [2.75, 3.05) is 31.5 Å². The minimum atomic E-state index is -0.143. The number of hydrogen-bond donors (Lipinski definition) is 2. The van der Waals surface area contributed by atoms with E-state index in [0.717, 1.165) is 13.1 Å². The minimum Gasteiger partial charge on any atom is -0.322 e. The quantitative estimate of drug-likeness (QED) is 0.826. The van der Waals surface area contributed by atoms with E-state index in [2.05, 4.69) is 10.6 Å². The Hall–Kier alpha value is -0.970. The van der Waals surface area contributed by atoms with E-state index in [9.17, 15) is 4.79 Å². The summed E-state index contributed by atoms with van der Waals surface area (Å²) >= 11 is 11.8. The van der Waals surface area contributed by atoms with Crippen LogP contribution in [0.15, 0.2) is 18.2 Å². The summed E-state index contributed by atoms with van der Waals surface area (Å²) in [6.07, 6.45) is 0. The van der Waals surface area contributed by atoms with Crippen LogP contribution >= 0.6 is 23.2 Å². The summed E-state index contributed by atoms with van der Waals surface area (Å²) in [6, 6.07) is 4.85. The number of rotatable bonds is 1. The molecule has 0 aromatic heterocycles. The monoisotopic (exact) mass is 273 g/mol. The van der Waals surface area contributed by atoms with Gasteiger partial charge in [0.1, 0.15) is 0 Å². The molecule has 0 saturated carbocycles. The van der Waals surface area contributed by atoms with Gasteiger partial charge in [0.25, 0.3) is 0 Å². The Bertz CT molecular complexity index is 419. The van der Waals surface area contributed by atoms with Crippen LogP contribution in [0, 0.1) is 0 Å². The molecule has 6 heteroatoms. The molecule has 1 aromatic carbocycles. The third-order valence-corrected chi connectivity index (χ3v) is 3.14. The molecule has 1 aliphatic rings. The van der Waals surface area contributed by atoms with Gasteiger partial charge in [-0.1, -0.05) is 23.2 Å². The first-order valence-corrected chi connectivity index (χ1v) is 6.14. The van der Waals surface area contributed by atoms with Gasteiger partial charge in [0, 0.05) is 31.2 Å². The van der Waals surface area contributed by atoms with Crippen molar-refractivity contribution >= 4 is 34.9 Å². The van der Waals surface area contributed by atoms with E-state index in [1.54, 1.807) is 23.1 Å². The predicted molar refractivity (Wildman–Crippen MR) is 69.9 cm³/mol. The SMILES string of the molecule is O=C(Nc1cc(Cl)ccc1Cl)N1CCNCC1. The number of hydrogen-bond acceptors (Lipinski definition) is 2. The van der Waals surface area contributed by atoms with Crippen LogP contribution in [0.1, 0.15) is 0 Å². The lowest BCUT2D eigenvalue weighted by Gasteiger charge is -2.27. The number of carbonyl (C=O) groups is 1. The summed E-state index contributed by atoms with van der Waals surface area (Å²) in [4.78, 5) is 13.7. The second-order valence-corrected chi connectivity index (χ2v) is 4.64. The topological polar surface area (TPSA) is 44.4 Å². The van der Waals surface area contributed by atoms with Gasteiger partial charge < -0.3 is 15.5 Å². The van der Waals surface area contributed by atoms with Crippen LogP contribution in [-0.2, 0) is 0 Å². The zero-order valence-electron chi connectivity index (χ0n) is 9.17. The fourth-order valence-corrected chi connectivity index (χ4v) is 1.99. The van der Waals surface area contributed by atoms with Gasteiger partial charge in [0.05, 0.1) is 10.7 Å². The van der Waals surface area contributed by atoms with Crippen LogP contribution in [-0.4, -0.2) is 37.1 Å². The smallest absolute Gasteiger partial charge is 0.321 e. The van der Waals surface area contributed by atoms with Crippen molar-refractivity contribution in [2.24, 2.45) is 0 Å². The van der Waals surface area contributed by atoms with Crippen LogP contribution in [0.4, 0.5) is 10.5 Å². The molecule has 0 spiro atoms. The van der Waals surface area contributed by atoms with Crippen LogP contribution < -0.4 is 10.6 Å². The number of piperazine rings is 1. The molecule has 0 atom stereocenters. The molecule has 4 nitrogen and oxygen atoms in total. The van der Waals surface area contributed by atoms with E-state index in [1.165, 1.54) is 0 Å². The third-order valence-electron chi connectivity index (χ3n) is 2.57. The van der Waals surface area contributed by atoms with Crippen LogP contribution in [0.3, 0.4) is 0 Å². The van der Waals surface area contributed by atoms with Crippen molar-refractivity contribution in [1.82, 2.24) is 10.2 Å². The van der Waals surface area contributed by atoms with Crippen LogP contribution in [0.5, 0.6) is 0 Å². The maximum atomic E-state index is 11.9. The maximum absolute atomic E-state index is 11.9. The number of amides is 2. The van der Waals surface area contributed by atoms with E-state index in [0.29, 0.717) is 28.8 Å². The Morgan fingerprint density at radius 1 is 1.29 bits per heavy atom. The van der Waals surface area contributed by atoms with Crippen LogP contribution in [0.2, 0.25) is 10.0 Å². The number of urea groups is 1. The Kier molecular flexibility index (Phi) is 4.10. The molecule has 1 aliphatic heterocycles. The third kappa shape index (κ3) is 3.25. The maximum Gasteiger partial charge on any atom is 0.321 e. The Labute approximate surface area is 110 Å². The van der Waals surface area contributed by atoms with Crippen molar-refractivity contribution in [2.45, 2.75) is 0 Å². The predicted octanol–water partition coefficient (Wildman–Crippen LogP) is 2.43. The second-order valence-electron chi connectivity index (χ2n) is 3.79. The van der Waals surface area contributed by atoms with Gasteiger partial charge in [0.2, 0.25) is 0 Å². The van der Waals surface area contributed by atoms with Crippen molar-refractivity contribution in [3.63, 3.8) is 0 Å². The molecule has 2 rings (SSSR count). The highest BCUT2D eigenvalue weighted by molar-refractivity contribution is 6.35. The average molecular weight is 274 g/mol. The summed E-state index contributed by atoms with van der Waals surface area (Å²) in [5.74, 6) is 0. The summed E-state index contributed by atoms with van der Waals surface area (Å²) in [5.41, 5.74) is 0.544. The number of nitrogens with one attached hydrogen (secondary N) is 2. The average Bonchev–Trinajstić information content (AvgIpc) is 2.35. The Morgan fingerprint density at radius 2 is 2.00 bits per heavy atom. The minimum absolute atomic E-state index is 0.143. The first-order chi connectivity index (χ1) is 8.16. The highest BCUT2D eigenvalue weighted by Crippen LogP contribution is 2.25. The summed E-state index contributed by atoms with van der Waals surface area (Å²) in [5, 5.41) is 6.98. The lowest BCUT2D eigenvalue weighted by Crippen LogP contribution is -2.48. The molecule has 0 aliphatic carbocycles. The molecule has 1 saturated heterocycles. The van der Waals surface area contributed by atoms with Crippen LogP contribution in [0.25, 0.3) is 0 Å². The highest BCUT2D eigenvalue weighted by Gasteiger charge is 2.16. The first-order valence-electron chi connectivity index (χ1n) is 5.38. The number of nitrogens with zero attached hydrogens (tertiary/aromatic N) is 1. The Morgan fingerprint density at radius 3 is 2.71 bits per heavy atom. The van der Waals surface area contributed by atoms with E-state index in [1.807, 2.05) is 0 Å². The van der Waals surface area contributed by atoms with Gasteiger partial charge >= 0.3 is 6.03 Å². The second kappa shape index (κ2) is 5.58. The largest absolute Gasteiger partial charge is 0.322 e. The number of halogens is 2. The van der Waals surface area contributed by atoms with E-state index in [-0.39, 0.29) is 6.03 Å². The normalized spacial score (nSPS) is 15.8. The first kappa shape index (κ1) is 12.5. The highest BCUT2D eigenvalue weighted by atomic mass is 35.5. The van der Waals surface area contributed by atoms with Crippen molar-refractivity contribution < 1.29 is 4.79 Å². The van der Waals surface area contributed by atoms with Gasteiger partial charge in [-0.05, 0) is 18.2 Å². The Balaban J connectivity index is 2.04. The lowest BCUT2D eigenvalue weighted by atomic mass is 10.3. The molecule has 0 bridgehead atoms. The van der Waals surface area contributed by atoms with Crippen molar-refractivity contribution in [3.05, 3.63) is 28.2 Å². The molecular formula is C11H13Cl2N3O. The molecule has 1 aromatic rings. The number of carbonyl (C=O) groups excluding carboxylic acids is 1. The molecular weight excluding hydrogens is 261 g/mol. The van der Waals surface area contributed by atoms with E-state index in [4.69, 9.17) is 23.2 Å². The molecule has 0 radical (unpaired) electrons. The van der Waals surface area contributed by atoms with Gasteiger partial charge in [-0.2, -0.15) is 0 Å². The summed E-state index contributed by atoms with van der Waals surface area (Å²) in [6.45, 7) is 3.03. The molecule has 17 heavy (non-hydrogen) atoms. The van der Waals surface area contributed by atoms with Gasteiger partial charge in [-0.15, -0.1) is 0 Å². The number of anilines is 1. The van der Waals surface area contributed by atoms with Gasteiger partial charge in [-0.3, -0.25) is 0 Å². The van der Waals surface area contributed by atoms with E-state index >= 15 is 0 Å². The molecule has 2 N–H and O–H groups in total. The summed E-state index contributed by atoms with van der Waals surface area (Å²) < 4.78 is 0. The molecule has 2 amide bonds. The molecule has 1 heterocycles. The van der Waals surface area contributed by atoms with Gasteiger partial charge in [0.15, 0.2) is 0 Å². The zero-order valence-corrected chi connectivity index (χ0v) is 10.7. The van der Waals surface area contributed by atoms with Crippen molar-refractivity contribution in [3.8, 4) is 0 Å². The lowest BCUT2D eigenvalue weighted by molar-refractivity contribution is 0.204. The number of benzene rings is 1. The van der Waals surface area contributed by atoms with Gasteiger partial charge in [-0.25, -0.2) is 4.79 Å². The standard InChI is InChI=1S/C11H13Cl2N3O/c12-8-1-2-9(13)10(7-8)15-11(17)16-5-3-14-4-6-16/h1-2,7,14H,3-6H2,(H,15,17). The fourth-order valence-electron chi connectivity index (χ4n) is 1.66. The van der Waals surface area contributed by atoms with Crippen molar-refractivity contribution in [1.29, 1.82) is 0 Å². The molecule has 92 valence electrons. The zero-order chi connectivity index (χ0) is 12.3. The molecule has 1 fully saturated rings. The summed E-state index contributed by atoms with van der Waals surface area (Å²) in [7, 11) is 0.